The first kappa shape index (κ1) is 31.9. The molecule has 4 heterocycles. The Bertz CT molecular complexity index is 3320. The lowest BCUT2D eigenvalue weighted by atomic mass is 10.00. The van der Waals surface area contributed by atoms with Crippen molar-refractivity contribution in [2.75, 3.05) is 0 Å². The highest BCUT2D eigenvalue weighted by atomic mass is 16.3. The summed E-state index contributed by atoms with van der Waals surface area (Å²) in [5, 5.41) is 14.1. The third-order valence-corrected chi connectivity index (χ3v) is 11.5. The molecule has 0 amide bonds. The highest BCUT2D eigenvalue weighted by molar-refractivity contribution is 6.14. The van der Waals surface area contributed by atoms with Crippen LogP contribution in [0.2, 0.25) is 0 Å². The largest absolute Gasteiger partial charge is 0.456 e. The van der Waals surface area contributed by atoms with Crippen molar-refractivity contribution in [3.63, 3.8) is 0 Å². The number of rotatable bonds is 5. The second-order valence-electron chi connectivity index (χ2n) is 14.8. The fraction of sp³-hybridized carbons (Fsp3) is 0.0392. The van der Waals surface area contributed by atoms with E-state index in [0.717, 1.165) is 94.3 Å². The van der Waals surface area contributed by atoms with Crippen molar-refractivity contribution in [2.45, 2.75) is 12.3 Å². The number of furan rings is 2. The average Bonchev–Trinajstić information content (AvgIpc) is 3.95. The number of aromatic nitrogens is 1. The number of benzene rings is 8. The minimum Gasteiger partial charge on any atom is -0.456 e. The van der Waals surface area contributed by atoms with Gasteiger partial charge in [0.1, 0.15) is 34.9 Å². The molecule has 3 aromatic heterocycles. The molecule has 6 heteroatoms. The number of nitrogens with one attached hydrogen (secondary N) is 2. The van der Waals surface area contributed by atoms with Crippen LogP contribution in [0.5, 0.6) is 0 Å². The van der Waals surface area contributed by atoms with Crippen LogP contribution in [0.25, 0.3) is 82.5 Å². The van der Waals surface area contributed by atoms with Gasteiger partial charge in [-0.3, -0.25) is 5.32 Å². The Hall–Kier alpha value is -7.41. The highest BCUT2D eigenvalue weighted by Gasteiger charge is 2.26. The van der Waals surface area contributed by atoms with E-state index in [1.165, 1.54) is 10.8 Å². The quantitative estimate of drug-likeness (QED) is 0.185. The van der Waals surface area contributed by atoms with Crippen LogP contribution in [0.1, 0.15) is 29.0 Å². The number of hydrogen-bond acceptors (Lipinski definition) is 5. The summed E-state index contributed by atoms with van der Waals surface area (Å²) >= 11 is 0. The fourth-order valence-electron chi connectivity index (χ4n) is 8.75. The number of para-hydroxylation sites is 3. The first-order chi connectivity index (χ1) is 28.2. The first-order valence-electron chi connectivity index (χ1n) is 19.3. The van der Waals surface area contributed by atoms with Gasteiger partial charge in [0.05, 0.1) is 16.7 Å². The van der Waals surface area contributed by atoms with Crippen LogP contribution in [0.15, 0.2) is 196 Å². The Morgan fingerprint density at radius 1 is 0.439 bits per heavy atom. The van der Waals surface area contributed by atoms with Gasteiger partial charge in [0.25, 0.3) is 0 Å². The van der Waals surface area contributed by atoms with Gasteiger partial charge in [-0.25, -0.2) is 4.99 Å². The van der Waals surface area contributed by atoms with Gasteiger partial charge in [0.15, 0.2) is 5.58 Å². The zero-order valence-electron chi connectivity index (χ0n) is 30.7. The second kappa shape index (κ2) is 12.6. The topological polar surface area (TPSA) is 67.6 Å². The van der Waals surface area contributed by atoms with Crippen LogP contribution in [-0.4, -0.2) is 10.4 Å². The smallest absolute Gasteiger partial charge is 0.159 e. The monoisotopic (exact) mass is 734 g/mol. The Morgan fingerprint density at radius 3 is 1.75 bits per heavy atom. The number of hydrogen-bond donors (Lipinski definition) is 2. The molecule has 0 bridgehead atoms. The summed E-state index contributed by atoms with van der Waals surface area (Å²) in [7, 11) is 0. The van der Waals surface area contributed by atoms with E-state index in [9.17, 15) is 0 Å². The average molecular weight is 735 g/mol. The molecule has 2 N–H and O–H groups in total. The molecule has 6 nitrogen and oxygen atoms in total. The maximum absolute atomic E-state index is 6.68. The molecule has 8 aromatic carbocycles. The van der Waals surface area contributed by atoms with Gasteiger partial charge < -0.3 is 18.7 Å². The Labute approximate surface area is 327 Å². The van der Waals surface area contributed by atoms with E-state index in [4.69, 9.17) is 13.8 Å². The minimum atomic E-state index is -0.202. The molecule has 270 valence electrons. The predicted molar refractivity (Wildman–Crippen MR) is 232 cm³/mol. The Morgan fingerprint density at radius 2 is 1.04 bits per heavy atom. The fourth-order valence-corrected chi connectivity index (χ4v) is 8.75. The Kier molecular flexibility index (Phi) is 7.03. The molecule has 2 unspecified atom stereocenters. The third kappa shape index (κ3) is 5.12. The van der Waals surface area contributed by atoms with E-state index in [1.54, 1.807) is 0 Å². The van der Waals surface area contributed by atoms with E-state index in [1.807, 2.05) is 12.1 Å². The van der Waals surface area contributed by atoms with Crippen LogP contribution < -0.4 is 10.6 Å². The summed E-state index contributed by atoms with van der Waals surface area (Å²) < 4.78 is 15.5. The molecule has 57 heavy (non-hydrogen) atoms. The molecule has 12 rings (SSSR count). The van der Waals surface area contributed by atoms with Gasteiger partial charge in [-0.1, -0.05) is 127 Å². The molecule has 0 fully saturated rings. The van der Waals surface area contributed by atoms with Gasteiger partial charge in [-0.05, 0) is 76.9 Å². The first-order valence-corrected chi connectivity index (χ1v) is 19.3. The van der Waals surface area contributed by atoms with Crippen LogP contribution >= 0.6 is 0 Å². The number of aliphatic imine (C=N–C) groups is 1. The maximum Gasteiger partial charge on any atom is 0.159 e. The van der Waals surface area contributed by atoms with Crippen LogP contribution in [0.3, 0.4) is 0 Å². The molecule has 0 spiro atoms. The lowest BCUT2D eigenvalue weighted by Gasteiger charge is -2.32. The van der Waals surface area contributed by atoms with E-state index < -0.39 is 0 Å². The number of nitrogens with zero attached hydrogens (tertiary/aromatic N) is 2. The zero-order valence-corrected chi connectivity index (χ0v) is 30.7. The van der Waals surface area contributed by atoms with E-state index in [2.05, 4.69) is 185 Å². The molecule has 1 aliphatic heterocycles. The molecular weight excluding hydrogens is 701 g/mol. The molecule has 1 aliphatic rings. The van der Waals surface area contributed by atoms with Gasteiger partial charge in [-0.2, -0.15) is 0 Å². The summed E-state index contributed by atoms with van der Waals surface area (Å²) in [4.78, 5) is 5.14. The maximum atomic E-state index is 6.68. The van der Waals surface area contributed by atoms with Gasteiger partial charge >= 0.3 is 0 Å². The molecule has 0 radical (unpaired) electrons. The summed E-state index contributed by atoms with van der Waals surface area (Å²) in [6.07, 6.45) is -0.311. The minimum absolute atomic E-state index is 0.109. The van der Waals surface area contributed by atoms with Crippen molar-refractivity contribution in [3.8, 4) is 16.8 Å². The van der Waals surface area contributed by atoms with E-state index >= 15 is 0 Å². The van der Waals surface area contributed by atoms with Crippen molar-refractivity contribution in [1.82, 2.24) is 15.2 Å². The van der Waals surface area contributed by atoms with E-state index in [0.29, 0.717) is 0 Å². The summed E-state index contributed by atoms with van der Waals surface area (Å²) in [5.41, 5.74) is 12.2. The normalized spacial score (nSPS) is 15.9. The third-order valence-electron chi connectivity index (χ3n) is 11.5. The standard InChI is InChI=1S/C51H34N4O2/c1-3-12-31(13-4-1)49-52-50(32-14-5-2-6-15-32)54-51(53-49)35-22-25-38-40-28-33(23-26-45(40)56-47(38)30-35)34-24-27-46-41(29-34)39-18-11-21-44(48(39)57-46)55-42-19-9-7-16-36(42)37-17-8-10-20-43(37)55/h1-30,49-50,52H,(H,53,54). The highest BCUT2D eigenvalue weighted by Crippen LogP contribution is 2.40. The molecule has 11 aromatic rings. The van der Waals surface area contributed by atoms with Crippen LogP contribution in [0.4, 0.5) is 0 Å². The molecule has 2 atom stereocenters. The predicted octanol–water partition coefficient (Wildman–Crippen LogP) is 12.6. The van der Waals surface area contributed by atoms with E-state index in [-0.39, 0.29) is 12.3 Å². The van der Waals surface area contributed by atoms with Crippen molar-refractivity contribution < 1.29 is 8.83 Å². The second-order valence-corrected chi connectivity index (χ2v) is 14.8. The van der Waals surface area contributed by atoms with Gasteiger partial charge in [-0.15, -0.1) is 0 Å². The van der Waals surface area contributed by atoms with Crippen molar-refractivity contribution >= 4 is 71.5 Å². The summed E-state index contributed by atoms with van der Waals surface area (Å²) in [6, 6.07) is 63.8. The van der Waals surface area contributed by atoms with Gasteiger partial charge in [0, 0.05) is 37.9 Å². The van der Waals surface area contributed by atoms with Crippen molar-refractivity contribution in [1.29, 1.82) is 0 Å². The molecule has 0 saturated carbocycles. The number of fused-ring (bicyclic) bond motifs is 9. The zero-order chi connectivity index (χ0) is 37.5. The number of amidine groups is 1. The molecule has 0 aliphatic carbocycles. The van der Waals surface area contributed by atoms with Crippen LogP contribution in [-0.2, 0) is 0 Å². The summed E-state index contributed by atoms with van der Waals surface area (Å²) in [6.45, 7) is 0. The molecular formula is C51H34N4O2. The molecule has 0 saturated heterocycles. The van der Waals surface area contributed by atoms with Crippen molar-refractivity contribution in [2.24, 2.45) is 4.99 Å². The van der Waals surface area contributed by atoms with Crippen molar-refractivity contribution in [3.05, 3.63) is 199 Å². The Balaban J connectivity index is 0.928. The lowest BCUT2D eigenvalue weighted by molar-refractivity contribution is 0.409. The van der Waals surface area contributed by atoms with Crippen LogP contribution in [0, 0.1) is 0 Å². The lowest BCUT2D eigenvalue weighted by Crippen LogP contribution is -2.44. The SMILES string of the molecule is c1ccc(C2N=C(c3ccc4c(c3)oc3ccc(-c5ccc6oc7c(-n8c9ccccc9c9ccccc98)cccc7c6c5)cc34)NC(c3ccccc3)N2)cc1. The summed E-state index contributed by atoms with van der Waals surface area (Å²) in [5.74, 6) is 0.821. The van der Waals surface area contributed by atoms with Gasteiger partial charge in [0.2, 0.25) is 0 Å².